The Balaban J connectivity index is 1.79. The highest BCUT2D eigenvalue weighted by atomic mass is 16.5. The molecule has 1 N–H and O–H groups in total. The van der Waals surface area contributed by atoms with Gasteiger partial charge in [-0.25, -0.2) is 0 Å². The lowest BCUT2D eigenvalue weighted by atomic mass is 10.1. The summed E-state index contributed by atoms with van der Waals surface area (Å²) in [5.74, 6) is 0. The first kappa shape index (κ1) is 10.7. The summed E-state index contributed by atoms with van der Waals surface area (Å²) >= 11 is 0. The molecule has 3 nitrogen and oxygen atoms in total. The molecule has 0 amide bonds. The van der Waals surface area contributed by atoms with Crippen molar-refractivity contribution in [2.75, 3.05) is 13.2 Å². The molecular weight excluding hydrogens is 212 g/mol. The van der Waals surface area contributed by atoms with Gasteiger partial charge in [-0.1, -0.05) is 24.3 Å². The number of nitrogens with one attached hydrogen (secondary N) is 1. The second-order valence-electron chi connectivity index (χ2n) is 4.46. The number of ether oxygens (including phenoxy) is 1. The number of benzene rings is 1. The number of pyridine rings is 1. The molecule has 2 heterocycles. The van der Waals surface area contributed by atoms with Crippen molar-refractivity contribution in [3.63, 3.8) is 0 Å². The van der Waals surface area contributed by atoms with Crippen LogP contribution in [0.2, 0.25) is 0 Å². The number of fused-ring (bicyclic) bond motifs is 1. The minimum absolute atomic E-state index is 0.494. The van der Waals surface area contributed by atoms with Gasteiger partial charge in [-0.05, 0) is 17.4 Å². The van der Waals surface area contributed by atoms with Crippen molar-refractivity contribution < 1.29 is 4.74 Å². The van der Waals surface area contributed by atoms with E-state index in [9.17, 15) is 0 Å². The third-order valence-corrected chi connectivity index (χ3v) is 3.26. The fraction of sp³-hybridized carbons (Fsp3) is 0.357. The molecule has 0 radical (unpaired) electrons. The van der Waals surface area contributed by atoms with Crippen LogP contribution >= 0.6 is 0 Å². The van der Waals surface area contributed by atoms with E-state index in [0.29, 0.717) is 6.04 Å². The van der Waals surface area contributed by atoms with E-state index in [0.717, 1.165) is 26.2 Å². The van der Waals surface area contributed by atoms with E-state index in [1.807, 2.05) is 18.5 Å². The van der Waals surface area contributed by atoms with Crippen molar-refractivity contribution in [1.82, 2.24) is 10.3 Å². The predicted molar refractivity (Wildman–Crippen MR) is 67.8 cm³/mol. The van der Waals surface area contributed by atoms with Crippen molar-refractivity contribution in [3.8, 4) is 0 Å². The van der Waals surface area contributed by atoms with Crippen molar-refractivity contribution in [2.45, 2.75) is 19.0 Å². The lowest BCUT2D eigenvalue weighted by Gasteiger charge is -2.11. The zero-order chi connectivity index (χ0) is 11.5. The molecule has 1 atom stereocenters. The Bertz CT molecular complexity index is 501. The molecule has 1 saturated heterocycles. The quantitative estimate of drug-likeness (QED) is 0.873. The van der Waals surface area contributed by atoms with E-state index in [-0.39, 0.29) is 0 Å². The molecule has 3 heteroatoms. The first-order chi connectivity index (χ1) is 8.43. The molecular formula is C14H16N2O. The standard InChI is InChI=1S/C14H16N2O/c1-2-4-14-11(3-1)7-15-8-12(14)9-16-13-5-6-17-10-13/h1-4,7-8,13,16H,5-6,9-10H2. The maximum absolute atomic E-state index is 5.35. The summed E-state index contributed by atoms with van der Waals surface area (Å²) in [6.45, 7) is 2.58. The van der Waals surface area contributed by atoms with Crippen LogP contribution < -0.4 is 5.32 Å². The van der Waals surface area contributed by atoms with E-state index in [1.54, 1.807) is 0 Å². The monoisotopic (exact) mass is 228 g/mol. The van der Waals surface area contributed by atoms with Gasteiger partial charge >= 0.3 is 0 Å². The number of nitrogens with zero attached hydrogens (tertiary/aromatic N) is 1. The summed E-state index contributed by atoms with van der Waals surface area (Å²) in [6, 6.07) is 8.87. The SMILES string of the molecule is c1ccc2c(CNC3CCOC3)cncc2c1. The smallest absolute Gasteiger partial charge is 0.0620 e. The molecule has 0 aliphatic carbocycles. The second kappa shape index (κ2) is 4.82. The minimum atomic E-state index is 0.494. The van der Waals surface area contributed by atoms with Crippen molar-refractivity contribution in [2.24, 2.45) is 0 Å². The number of rotatable bonds is 3. The van der Waals surface area contributed by atoms with E-state index in [1.165, 1.54) is 16.3 Å². The van der Waals surface area contributed by atoms with Crippen LogP contribution in [0.1, 0.15) is 12.0 Å². The van der Waals surface area contributed by atoms with Gasteiger partial charge in [-0.2, -0.15) is 0 Å². The average Bonchev–Trinajstić information content (AvgIpc) is 2.89. The van der Waals surface area contributed by atoms with Crippen LogP contribution in [0.4, 0.5) is 0 Å². The molecule has 1 fully saturated rings. The summed E-state index contributed by atoms with van der Waals surface area (Å²) in [5, 5.41) is 6.01. The van der Waals surface area contributed by atoms with Gasteiger partial charge in [0.05, 0.1) is 6.61 Å². The van der Waals surface area contributed by atoms with Crippen LogP contribution in [0.5, 0.6) is 0 Å². The number of aromatic nitrogens is 1. The Labute approximate surface area is 101 Å². The summed E-state index contributed by atoms with van der Waals surface area (Å²) in [7, 11) is 0. The summed E-state index contributed by atoms with van der Waals surface area (Å²) in [6.07, 6.45) is 4.97. The molecule has 1 aromatic carbocycles. The molecule has 17 heavy (non-hydrogen) atoms. The summed E-state index contributed by atoms with van der Waals surface area (Å²) in [4.78, 5) is 4.29. The van der Waals surface area contributed by atoms with Crippen LogP contribution in [-0.2, 0) is 11.3 Å². The maximum Gasteiger partial charge on any atom is 0.0620 e. The van der Waals surface area contributed by atoms with Crippen LogP contribution in [0.25, 0.3) is 10.8 Å². The van der Waals surface area contributed by atoms with Crippen molar-refractivity contribution >= 4 is 10.8 Å². The molecule has 88 valence electrons. The minimum Gasteiger partial charge on any atom is -0.380 e. The van der Waals surface area contributed by atoms with Crippen LogP contribution in [-0.4, -0.2) is 24.2 Å². The fourth-order valence-electron chi connectivity index (χ4n) is 2.27. The van der Waals surface area contributed by atoms with Gasteiger partial charge in [0, 0.05) is 37.0 Å². The lowest BCUT2D eigenvalue weighted by Crippen LogP contribution is -2.28. The van der Waals surface area contributed by atoms with Gasteiger partial charge in [0.15, 0.2) is 0 Å². The Morgan fingerprint density at radius 3 is 3.12 bits per heavy atom. The molecule has 0 saturated carbocycles. The highest BCUT2D eigenvalue weighted by molar-refractivity contribution is 5.84. The molecule has 0 spiro atoms. The van der Waals surface area contributed by atoms with Gasteiger partial charge in [0.2, 0.25) is 0 Å². The van der Waals surface area contributed by atoms with Gasteiger partial charge in [-0.15, -0.1) is 0 Å². The van der Waals surface area contributed by atoms with Gasteiger partial charge in [-0.3, -0.25) is 4.98 Å². The molecule has 2 aromatic rings. The normalized spacial score (nSPS) is 19.9. The highest BCUT2D eigenvalue weighted by Gasteiger charge is 2.14. The van der Waals surface area contributed by atoms with E-state index in [2.05, 4.69) is 28.5 Å². The molecule has 3 rings (SSSR count). The highest BCUT2D eigenvalue weighted by Crippen LogP contribution is 2.17. The van der Waals surface area contributed by atoms with E-state index >= 15 is 0 Å². The zero-order valence-corrected chi connectivity index (χ0v) is 9.73. The Hall–Kier alpha value is -1.45. The Morgan fingerprint density at radius 1 is 1.29 bits per heavy atom. The second-order valence-corrected chi connectivity index (χ2v) is 4.46. The zero-order valence-electron chi connectivity index (χ0n) is 9.73. The summed E-state index contributed by atoms with van der Waals surface area (Å²) < 4.78 is 5.35. The van der Waals surface area contributed by atoms with Crippen molar-refractivity contribution in [3.05, 3.63) is 42.2 Å². The first-order valence-electron chi connectivity index (χ1n) is 6.06. The largest absolute Gasteiger partial charge is 0.380 e. The summed E-state index contributed by atoms with van der Waals surface area (Å²) in [5.41, 5.74) is 1.26. The molecule has 1 aliphatic heterocycles. The van der Waals surface area contributed by atoms with Crippen LogP contribution in [0.3, 0.4) is 0 Å². The van der Waals surface area contributed by atoms with E-state index in [4.69, 9.17) is 4.74 Å². The third kappa shape index (κ3) is 2.30. The van der Waals surface area contributed by atoms with Gasteiger partial charge in [0.25, 0.3) is 0 Å². The number of hydrogen-bond donors (Lipinski definition) is 1. The Morgan fingerprint density at radius 2 is 2.24 bits per heavy atom. The van der Waals surface area contributed by atoms with Crippen LogP contribution in [0, 0.1) is 0 Å². The molecule has 1 aliphatic rings. The fourth-order valence-corrected chi connectivity index (χ4v) is 2.27. The lowest BCUT2D eigenvalue weighted by molar-refractivity contribution is 0.190. The maximum atomic E-state index is 5.35. The first-order valence-corrected chi connectivity index (χ1v) is 6.06. The van der Waals surface area contributed by atoms with Crippen molar-refractivity contribution in [1.29, 1.82) is 0 Å². The predicted octanol–water partition coefficient (Wildman–Crippen LogP) is 2.11. The van der Waals surface area contributed by atoms with Gasteiger partial charge < -0.3 is 10.1 Å². The molecule has 1 aromatic heterocycles. The van der Waals surface area contributed by atoms with E-state index < -0.39 is 0 Å². The third-order valence-electron chi connectivity index (χ3n) is 3.26. The number of hydrogen-bond acceptors (Lipinski definition) is 3. The molecule has 1 unspecified atom stereocenters. The van der Waals surface area contributed by atoms with Crippen LogP contribution in [0.15, 0.2) is 36.7 Å². The Kier molecular flexibility index (Phi) is 3.03. The average molecular weight is 228 g/mol. The molecule has 0 bridgehead atoms. The topological polar surface area (TPSA) is 34.1 Å². The van der Waals surface area contributed by atoms with Gasteiger partial charge in [0.1, 0.15) is 0 Å².